The number of hydrogen-bond donors (Lipinski definition) is 2. The van der Waals surface area contributed by atoms with E-state index in [0.29, 0.717) is 12.1 Å². The molecule has 0 saturated carbocycles. The van der Waals surface area contributed by atoms with Crippen LogP contribution < -0.4 is 10.6 Å². The van der Waals surface area contributed by atoms with Crippen molar-refractivity contribution in [2.24, 2.45) is 0 Å². The average Bonchev–Trinajstić information content (AvgIpc) is 2.18. The number of nitrogens with one attached hydrogen (secondary N) is 2. The van der Waals surface area contributed by atoms with Crippen molar-refractivity contribution < 1.29 is 0 Å². The van der Waals surface area contributed by atoms with Gasteiger partial charge in [-0.25, -0.2) is 0 Å². The molecule has 1 unspecified atom stereocenters. The van der Waals surface area contributed by atoms with Crippen LogP contribution in [0.5, 0.6) is 0 Å². The fraction of sp³-hybridized carbons (Fsp3) is 0.500. The lowest BCUT2D eigenvalue weighted by atomic mass is 9.97. The maximum atomic E-state index is 3.60. The largest absolute Gasteiger partial charge is 0.385 e. The smallest absolute Gasteiger partial charge is 0.0388 e. The molecule has 76 valence electrons. The lowest BCUT2D eigenvalue weighted by Gasteiger charge is -2.29. The molecule has 1 aliphatic rings. The van der Waals surface area contributed by atoms with Gasteiger partial charge in [-0.15, -0.1) is 0 Å². The van der Waals surface area contributed by atoms with Crippen LogP contribution in [0.1, 0.15) is 31.9 Å². The highest BCUT2D eigenvalue weighted by molar-refractivity contribution is 5.54. The zero-order valence-electron chi connectivity index (χ0n) is 8.88. The molecular formula is C12H18N2. The maximum Gasteiger partial charge on any atom is 0.0388 e. The van der Waals surface area contributed by atoms with E-state index >= 15 is 0 Å². The highest BCUT2D eigenvalue weighted by Gasteiger charge is 2.19. The molecule has 0 aromatic heterocycles. The van der Waals surface area contributed by atoms with Gasteiger partial charge in [0.25, 0.3) is 0 Å². The molecule has 1 aromatic rings. The molecule has 2 nitrogen and oxygen atoms in total. The number of hydrogen-bond acceptors (Lipinski definition) is 2. The lowest BCUT2D eigenvalue weighted by molar-refractivity contribution is 0.453. The summed E-state index contributed by atoms with van der Waals surface area (Å²) in [6.45, 7) is 5.47. The van der Waals surface area contributed by atoms with Crippen LogP contribution in [0.2, 0.25) is 0 Å². The van der Waals surface area contributed by atoms with Crippen LogP contribution in [0.3, 0.4) is 0 Å². The van der Waals surface area contributed by atoms with E-state index in [-0.39, 0.29) is 0 Å². The summed E-state index contributed by atoms with van der Waals surface area (Å²) >= 11 is 0. The van der Waals surface area contributed by atoms with Crippen molar-refractivity contribution in [1.29, 1.82) is 0 Å². The molecular weight excluding hydrogens is 172 g/mol. The molecule has 2 heteroatoms. The molecule has 0 fully saturated rings. The van der Waals surface area contributed by atoms with Crippen molar-refractivity contribution in [3.8, 4) is 0 Å². The van der Waals surface area contributed by atoms with Gasteiger partial charge in [-0.2, -0.15) is 0 Å². The van der Waals surface area contributed by atoms with E-state index in [9.17, 15) is 0 Å². The van der Waals surface area contributed by atoms with Crippen molar-refractivity contribution in [2.45, 2.75) is 32.4 Å². The minimum atomic E-state index is 0.521. The highest BCUT2D eigenvalue weighted by Crippen LogP contribution is 2.29. The quantitative estimate of drug-likeness (QED) is 0.749. The first-order chi connectivity index (χ1) is 6.77. The molecule has 1 atom stereocenters. The molecule has 0 aliphatic carbocycles. The summed E-state index contributed by atoms with van der Waals surface area (Å²) in [5, 5.41) is 7.02. The third-order valence-electron chi connectivity index (χ3n) is 2.62. The zero-order chi connectivity index (χ0) is 9.97. The molecule has 2 rings (SSSR count). The summed E-state index contributed by atoms with van der Waals surface area (Å²) < 4.78 is 0. The fourth-order valence-electron chi connectivity index (χ4n) is 2.04. The zero-order valence-corrected chi connectivity index (χ0v) is 8.88. The van der Waals surface area contributed by atoms with Crippen molar-refractivity contribution in [3.05, 3.63) is 29.8 Å². The van der Waals surface area contributed by atoms with Crippen LogP contribution in [-0.4, -0.2) is 12.6 Å². The molecule has 1 aliphatic heterocycles. The molecule has 1 heterocycles. The van der Waals surface area contributed by atoms with Gasteiger partial charge in [0.2, 0.25) is 0 Å². The van der Waals surface area contributed by atoms with E-state index in [4.69, 9.17) is 0 Å². The number of anilines is 1. The van der Waals surface area contributed by atoms with Crippen molar-refractivity contribution in [1.82, 2.24) is 5.32 Å². The summed E-state index contributed by atoms with van der Waals surface area (Å²) in [5.74, 6) is 0. The normalized spacial score (nSPS) is 20.4. The summed E-state index contributed by atoms with van der Waals surface area (Å²) in [4.78, 5) is 0. The molecule has 0 radical (unpaired) electrons. The first kappa shape index (κ1) is 9.53. The van der Waals surface area contributed by atoms with Gasteiger partial charge >= 0.3 is 0 Å². The van der Waals surface area contributed by atoms with Crippen LogP contribution >= 0.6 is 0 Å². The Bertz CT molecular complexity index is 307. The second-order valence-electron chi connectivity index (χ2n) is 4.18. The molecule has 1 aromatic carbocycles. The Morgan fingerprint density at radius 1 is 1.36 bits per heavy atom. The van der Waals surface area contributed by atoms with E-state index in [1.807, 2.05) is 0 Å². The van der Waals surface area contributed by atoms with Gasteiger partial charge in [0.05, 0.1) is 0 Å². The number of benzene rings is 1. The monoisotopic (exact) mass is 190 g/mol. The standard InChI is InChI=1S/C12H18N2/c1-9(2)14-12-7-8-13-11-6-4-3-5-10(11)12/h3-6,9,12-14H,7-8H2,1-2H3. The topological polar surface area (TPSA) is 24.1 Å². The summed E-state index contributed by atoms with van der Waals surface area (Å²) in [6, 6.07) is 9.63. The van der Waals surface area contributed by atoms with Gasteiger partial charge in [-0.1, -0.05) is 32.0 Å². The Morgan fingerprint density at radius 3 is 2.93 bits per heavy atom. The van der Waals surface area contributed by atoms with Crippen molar-refractivity contribution in [3.63, 3.8) is 0 Å². The Kier molecular flexibility index (Phi) is 2.73. The van der Waals surface area contributed by atoms with Crippen LogP contribution in [0.15, 0.2) is 24.3 Å². The van der Waals surface area contributed by atoms with Gasteiger partial charge in [-0.3, -0.25) is 0 Å². The molecule has 0 bridgehead atoms. The summed E-state index contributed by atoms with van der Waals surface area (Å²) in [7, 11) is 0. The van der Waals surface area contributed by atoms with Gasteiger partial charge in [0.15, 0.2) is 0 Å². The SMILES string of the molecule is CC(C)NC1CCNc2ccccc21. The van der Waals surface area contributed by atoms with Gasteiger partial charge in [-0.05, 0) is 18.1 Å². The molecule has 2 N–H and O–H groups in total. The predicted octanol–water partition coefficient (Wildman–Crippen LogP) is 2.54. The minimum Gasteiger partial charge on any atom is -0.385 e. The molecule has 0 amide bonds. The van der Waals surface area contributed by atoms with E-state index in [0.717, 1.165) is 6.54 Å². The predicted molar refractivity (Wildman–Crippen MR) is 60.6 cm³/mol. The maximum absolute atomic E-state index is 3.60. The fourth-order valence-corrected chi connectivity index (χ4v) is 2.04. The van der Waals surface area contributed by atoms with E-state index in [1.165, 1.54) is 17.7 Å². The molecule has 14 heavy (non-hydrogen) atoms. The Morgan fingerprint density at radius 2 is 2.14 bits per heavy atom. The van der Waals surface area contributed by atoms with Gasteiger partial charge < -0.3 is 10.6 Å². The first-order valence-corrected chi connectivity index (χ1v) is 5.36. The third kappa shape index (κ3) is 1.90. The minimum absolute atomic E-state index is 0.521. The third-order valence-corrected chi connectivity index (χ3v) is 2.62. The molecule has 0 saturated heterocycles. The Labute approximate surface area is 85.7 Å². The second kappa shape index (κ2) is 4.01. The van der Waals surface area contributed by atoms with Gasteiger partial charge in [0, 0.05) is 24.3 Å². The van der Waals surface area contributed by atoms with Crippen LogP contribution in [0.25, 0.3) is 0 Å². The van der Waals surface area contributed by atoms with Crippen molar-refractivity contribution >= 4 is 5.69 Å². The average molecular weight is 190 g/mol. The van der Waals surface area contributed by atoms with Crippen molar-refractivity contribution in [2.75, 3.05) is 11.9 Å². The van der Waals surface area contributed by atoms with Crippen LogP contribution in [0, 0.1) is 0 Å². The van der Waals surface area contributed by atoms with E-state index in [2.05, 4.69) is 48.7 Å². The summed E-state index contributed by atoms with van der Waals surface area (Å²) in [6.07, 6.45) is 1.18. The molecule has 0 spiro atoms. The number of fused-ring (bicyclic) bond motifs is 1. The Hall–Kier alpha value is -1.02. The van der Waals surface area contributed by atoms with Gasteiger partial charge in [0.1, 0.15) is 0 Å². The highest BCUT2D eigenvalue weighted by atomic mass is 15.0. The number of rotatable bonds is 2. The summed E-state index contributed by atoms with van der Waals surface area (Å²) in [5.41, 5.74) is 2.70. The second-order valence-corrected chi connectivity index (χ2v) is 4.18. The lowest BCUT2D eigenvalue weighted by Crippen LogP contribution is -2.32. The van der Waals surface area contributed by atoms with E-state index < -0.39 is 0 Å². The Balaban J connectivity index is 2.22. The van der Waals surface area contributed by atoms with Crippen LogP contribution in [-0.2, 0) is 0 Å². The van der Waals surface area contributed by atoms with E-state index in [1.54, 1.807) is 0 Å². The van der Waals surface area contributed by atoms with Crippen LogP contribution in [0.4, 0.5) is 5.69 Å². The first-order valence-electron chi connectivity index (χ1n) is 5.36. The number of para-hydroxylation sites is 1.